The average Bonchev–Trinajstić information content (AvgIpc) is 2.42. The first kappa shape index (κ1) is 15.5. The molecule has 0 aliphatic carbocycles. The SMILES string of the molecule is Cc1cccc(N)c1NC(=O)COc1ccc(Cl)cc1Cl. The summed E-state index contributed by atoms with van der Waals surface area (Å²) in [6, 6.07) is 10.2. The minimum absolute atomic E-state index is 0.172. The van der Waals surface area contributed by atoms with Gasteiger partial charge in [-0.3, -0.25) is 4.79 Å². The van der Waals surface area contributed by atoms with Gasteiger partial charge < -0.3 is 15.8 Å². The van der Waals surface area contributed by atoms with Gasteiger partial charge in [0.15, 0.2) is 6.61 Å². The molecule has 0 saturated carbocycles. The molecule has 4 nitrogen and oxygen atoms in total. The third kappa shape index (κ3) is 4.03. The second-order valence-electron chi connectivity index (χ2n) is 4.45. The molecule has 0 bridgehead atoms. The molecule has 2 aromatic carbocycles. The minimum Gasteiger partial charge on any atom is -0.482 e. The zero-order chi connectivity index (χ0) is 15.4. The van der Waals surface area contributed by atoms with E-state index in [4.69, 9.17) is 33.7 Å². The van der Waals surface area contributed by atoms with Crippen LogP contribution >= 0.6 is 23.2 Å². The third-order valence-corrected chi connectivity index (χ3v) is 3.35. The molecule has 2 aromatic rings. The van der Waals surface area contributed by atoms with Crippen molar-refractivity contribution in [1.29, 1.82) is 0 Å². The fourth-order valence-electron chi connectivity index (χ4n) is 1.77. The normalized spacial score (nSPS) is 10.2. The number of amides is 1. The monoisotopic (exact) mass is 324 g/mol. The number of ether oxygens (including phenoxy) is 1. The molecule has 0 aliphatic heterocycles. The van der Waals surface area contributed by atoms with Crippen molar-refractivity contribution < 1.29 is 9.53 Å². The van der Waals surface area contributed by atoms with Crippen molar-refractivity contribution in [1.82, 2.24) is 0 Å². The van der Waals surface area contributed by atoms with Crippen molar-refractivity contribution in [2.45, 2.75) is 6.92 Å². The van der Waals surface area contributed by atoms with Crippen molar-refractivity contribution in [3.8, 4) is 5.75 Å². The molecule has 0 aliphatic rings. The Balaban J connectivity index is 1.99. The number of benzene rings is 2. The summed E-state index contributed by atoms with van der Waals surface area (Å²) in [5, 5.41) is 3.58. The van der Waals surface area contributed by atoms with Crippen LogP contribution in [0, 0.1) is 6.92 Å². The summed E-state index contributed by atoms with van der Waals surface area (Å²) in [5.74, 6) is 0.0796. The summed E-state index contributed by atoms with van der Waals surface area (Å²) in [4.78, 5) is 11.9. The lowest BCUT2D eigenvalue weighted by Crippen LogP contribution is -2.21. The molecule has 0 unspecified atom stereocenters. The lowest BCUT2D eigenvalue weighted by Gasteiger charge is -2.12. The second-order valence-corrected chi connectivity index (χ2v) is 5.29. The van der Waals surface area contributed by atoms with Gasteiger partial charge in [-0.2, -0.15) is 0 Å². The lowest BCUT2D eigenvalue weighted by atomic mass is 10.1. The fraction of sp³-hybridized carbons (Fsp3) is 0.133. The summed E-state index contributed by atoms with van der Waals surface area (Å²) in [7, 11) is 0. The number of nitrogen functional groups attached to an aromatic ring is 1. The van der Waals surface area contributed by atoms with Gasteiger partial charge in [0, 0.05) is 5.02 Å². The van der Waals surface area contributed by atoms with E-state index in [-0.39, 0.29) is 12.5 Å². The highest BCUT2D eigenvalue weighted by molar-refractivity contribution is 6.35. The van der Waals surface area contributed by atoms with Crippen LogP contribution in [0.25, 0.3) is 0 Å². The van der Waals surface area contributed by atoms with Gasteiger partial charge >= 0.3 is 0 Å². The molecule has 3 N–H and O–H groups in total. The minimum atomic E-state index is -0.318. The number of hydrogen-bond acceptors (Lipinski definition) is 3. The third-order valence-electron chi connectivity index (χ3n) is 2.82. The predicted molar refractivity (Wildman–Crippen MR) is 86.2 cm³/mol. The summed E-state index contributed by atoms with van der Waals surface area (Å²) in [6.45, 7) is 1.69. The number of halogens is 2. The van der Waals surface area contributed by atoms with E-state index in [1.807, 2.05) is 19.1 Å². The highest BCUT2D eigenvalue weighted by Crippen LogP contribution is 2.27. The zero-order valence-electron chi connectivity index (χ0n) is 11.3. The zero-order valence-corrected chi connectivity index (χ0v) is 12.8. The number of rotatable bonds is 4. The van der Waals surface area contributed by atoms with Crippen molar-refractivity contribution >= 4 is 40.5 Å². The molecule has 0 aromatic heterocycles. The van der Waals surface area contributed by atoms with Crippen LogP contribution in [0.5, 0.6) is 5.75 Å². The van der Waals surface area contributed by atoms with E-state index in [0.29, 0.717) is 27.2 Å². The summed E-state index contributed by atoms with van der Waals surface area (Å²) in [5.41, 5.74) is 7.81. The predicted octanol–water partition coefficient (Wildman–Crippen LogP) is 3.90. The molecule has 0 heterocycles. The number of aryl methyl sites for hydroxylation is 1. The van der Waals surface area contributed by atoms with Crippen LogP contribution in [0.15, 0.2) is 36.4 Å². The standard InChI is InChI=1S/C15H14Cl2N2O2/c1-9-3-2-4-12(18)15(9)19-14(20)8-21-13-6-5-10(16)7-11(13)17/h2-7H,8,18H2,1H3,(H,19,20). The van der Waals surface area contributed by atoms with Crippen LogP contribution in [0.3, 0.4) is 0 Å². The number of nitrogens with two attached hydrogens (primary N) is 1. The molecule has 0 saturated heterocycles. The highest BCUT2D eigenvalue weighted by Gasteiger charge is 2.10. The van der Waals surface area contributed by atoms with Gasteiger partial charge in [-0.25, -0.2) is 0 Å². The van der Waals surface area contributed by atoms with Crippen molar-refractivity contribution in [2.24, 2.45) is 0 Å². The number of carbonyl (C=O) groups excluding carboxylic acids is 1. The average molecular weight is 325 g/mol. The Labute approximate surface area is 132 Å². The maximum atomic E-state index is 11.9. The maximum Gasteiger partial charge on any atom is 0.262 e. The van der Waals surface area contributed by atoms with Gasteiger partial charge in [-0.1, -0.05) is 35.3 Å². The highest BCUT2D eigenvalue weighted by atomic mass is 35.5. The van der Waals surface area contributed by atoms with E-state index < -0.39 is 0 Å². The number of hydrogen-bond donors (Lipinski definition) is 2. The first-order valence-corrected chi connectivity index (χ1v) is 6.96. The second kappa shape index (κ2) is 6.70. The molecule has 6 heteroatoms. The summed E-state index contributed by atoms with van der Waals surface area (Å²) in [6.07, 6.45) is 0. The van der Waals surface area contributed by atoms with Gasteiger partial charge in [0.25, 0.3) is 5.91 Å². The quantitative estimate of drug-likeness (QED) is 0.838. The Hall–Kier alpha value is -1.91. The molecule has 1 amide bonds. The van der Waals surface area contributed by atoms with E-state index in [2.05, 4.69) is 5.32 Å². The molecule has 2 rings (SSSR count). The van der Waals surface area contributed by atoms with Crippen LogP contribution in [-0.4, -0.2) is 12.5 Å². The van der Waals surface area contributed by atoms with Gasteiger partial charge in [0.2, 0.25) is 0 Å². The molecule has 0 atom stereocenters. The van der Waals surface area contributed by atoms with Crippen molar-refractivity contribution in [3.05, 3.63) is 52.0 Å². The van der Waals surface area contributed by atoms with E-state index in [9.17, 15) is 4.79 Å². The number of nitrogens with one attached hydrogen (secondary N) is 1. The molecule has 0 fully saturated rings. The van der Waals surface area contributed by atoms with E-state index in [1.165, 1.54) is 0 Å². The topological polar surface area (TPSA) is 64.3 Å². The van der Waals surface area contributed by atoms with Crippen molar-refractivity contribution in [2.75, 3.05) is 17.7 Å². The Kier molecular flexibility index (Phi) is 4.94. The lowest BCUT2D eigenvalue weighted by molar-refractivity contribution is -0.118. The molecule has 0 spiro atoms. The van der Waals surface area contributed by atoms with E-state index in [1.54, 1.807) is 24.3 Å². The Morgan fingerprint density at radius 1 is 1.29 bits per heavy atom. The summed E-state index contributed by atoms with van der Waals surface area (Å²) < 4.78 is 5.36. The molecule has 21 heavy (non-hydrogen) atoms. The Bertz CT molecular complexity index is 654. The number of carbonyl (C=O) groups is 1. The van der Waals surface area contributed by atoms with Crippen LogP contribution in [0.2, 0.25) is 10.0 Å². The molecular weight excluding hydrogens is 311 g/mol. The maximum absolute atomic E-state index is 11.9. The Morgan fingerprint density at radius 3 is 2.71 bits per heavy atom. The van der Waals surface area contributed by atoms with Crippen LogP contribution in [0.4, 0.5) is 11.4 Å². The molecule has 0 radical (unpaired) electrons. The van der Waals surface area contributed by atoms with Gasteiger partial charge in [-0.15, -0.1) is 0 Å². The largest absolute Gasteiger partial charge is 0.482 e. The molecular formula is C15H14Cl2N2O2. The number of para-hydroxylation sites is 1. The fourth-order valence-corrected chi connectivity index (χ4v) is 2.24. The van der Waals surface area contributed by atoms with Gasteiger partial charge in [0.1, 0.15) is 5.75 Å². The van der Waals surface area contributed by atoms with Crippen LogP contribution in [0.1, 0.15) is 5.56 Å². The first-order chi connectivity index (χ1) is 9.97. The van der Waals surface area contributed by atoms with Gasteiger partial charge in [-0.05, 0) is 36.8 Å². The summed E-state index contributed by atoms with van der Waals surface area (Å²) >= 11 is 11.8. The van der Waals surface area contributed by atoms with Gasteiger partial charge in [0.05, 0.1) is 16.4 Å². The number of anilines is 2. The smallest absolute Gasteiger partial charge is 0.262 e. The van der Waals surface area contributed by atoms with Crippen LogP contribution < -0.4 is 15.8 Å². The van der Waals surface area contributed by atoms with E-state index in [0.717, 1.165) is 5.56 Å². The van der Waals surface area contributed by atoms with Crippen molar-refractivity contribution in [3.63, 3.8) is 0 Å². The van der Waals surface area contributed by atoms with Crippen LogP contribution in [-0.2, 0) is 4.79 Å². The molecule has 110 valence electrons. The van der Waals surface area contributed by atoms with E-state index >= 15 is 0 Å². The first-order valence-electron chi connectivity index (χ1n) is 6.20. The Morgan fingerprint density at radius 2 is 2.05 bits per heavy atom.